The van der Waals surface area contributed by atoms with Gasteiger partial charge >= 0.3 is 0 Å². The third kappa shape index (κ3) is 3.88. The number of nitrogens with zero attached hydrogens (tertiary/aromatic N) is 2. The molecule has 0 spiro atoms. The molecule has 0 unspecified atom stereocenters. The Hall–Kier alpha value is -4.26. The second-order valence-corrected chi connectivity index (χ2v) is 7.30. The number of amides is 1. The van der Waals surface area contributed by atoms with Crippen LogP contribution in [0, 0.1) is 0 Å². The monoisotopic (exact) mass is 427 g/mol. The van der Waals surface area contributed by atoms with Crippen LogP contribution in [0.4, 0.5) is 5.69 Å². The summed E-state index contributed by atoms with van der Waals surface area (Å²) in [6, 6.07) is 22.8. The molecule has 1 aromatic heterocycles. The standard InChI is InChI=1S/C25H21N3O4/c1-30-21-10-6-5-9-19(21)24-20(15-28(27-24)14-17-7-3-2-4-8-17)25(29)26-18-11-12-22-23(13-18)32-16-31-22/h2-13,15H,14,16H2,1H3,(H,26,29). The second-order valence-electron chi connectivity index (χ2n) is 7.30. The van der Waals surface area contributed by atoms with E-state index in [0.29, 0.717) is 40.7 Å². The van der Waals surface area contributed by atoms with Crippen molar-refractivity contribution in [2.75, 3.05) is 19.2 Å². The van der Waals surface area contributed by atoms with Crippen LogP contribution < -0.4 is 19.5 Å². The van der Waals surface area contributed by atoms with Gasteiger partial charge in [-0.25, -0.2) is 0 Å². The van der Waals surface area contributed by atoms with Crippen molar-refractivity contribution in [3.8, 4) is 28.5 Å². The van der Waals surface area contributed by atoms with Crippen LogP contribution in [0.15, 0.2) is 79.0 Å². The molecule has 5 rings (SSSR count). The summed E-state index contributed by atoms with van der Waals surface area (Å²) in [5.74, 6) is 1.64. The summed E-state index contributed by atoms with van der Waals surface area (Å²) in [6.45, 7) is 0.719. The Bertz CT molecular complexity index is 1270. The number of ether oxygens (including phenoxy) is 3. The highest BCUT2D eigenvalue weighted by Crippen LogP contribution is 2.35. The Morgan fingerprint density at radius 2 is 1.81 bits per heavy atom. The van der Waals surface area contributed by atoms with Crippen LogP contribution in [-0.4, -0.2) is 29.6 Å². The predicted molar refractivity (Wildman–Crippen MR) is 120 cm³/mol. The Kier molecular flexibility index (Phi) is 5.21. The summed E-state index contributed by atoms with van der Waals surface area (Å²) < 4.78 is 18.0. The molecule has 1 aliphatic heterocycles. The lowest BCUT2D eigenvalue weighted by Crippen LogP contribution is -2.12. The van der Waals surface area contributed by atoms with Gasteiger partial charge in [-0.05, 0) is 29.8 Å². The highest BCUT2D eigenvalue weighted by Gasteiger charge is 2.22. The fourth-order valence-corrected chi connectivity index (χ4v) is 3.65. The molecule has 2 heterocycles. The molecule has 0 bridgehead atoms. The summed E-state index contributed by atoms with van der Waals surface area (Å²) in [4.78, 5) is 13.3. The number of hydrogen-bond donors (Lipinski definition) is 1. The average Bonchev–Trinajstić information content (AvgIpc) is 3.46. The van der Waals surface area contributed by atoms with Gasteiger partial charge in [-0.1, -0.05) is 42.5 Å². The number of fused-ring (bicyclic) bond motifs is 1. The molecule has 0 radical (unpaired) electrons. The predicted octanol–water partition coefficient (Wildman–Crippen LogP) is 4.59. The van der Waals surface area contributed by atoms with Gasteiger partial charge in [-0.3, -0.25) is 9.48 Å². The number of anilines is 1. The Labute approximate surface area is 185 Å². The first-order chi connectivity index (χ1) is 15.7. The van der Waals surface area contributed by atoms with Gasteiger partial charge in [0, 0.05) is 23.5 Å². The number of nitrogens with one attached hydrogen (secondary N) is 1. The van der Waals surface area contributed by atoms with Crippen LogP contribution in [0.25, 0.3) is 11.3 Å². The smallest absolute Gasteiger partial charge is 0.259 e. The molecule has 1 aliphatic rings. The molecule has 32 heavy (non-hydrogen) atoms. The molecular weight excluding hydrogens is 406 g/mol. The van der Waals surface area contributed by atoms with Gasteiger partial charge in [0.2, 0.25) is 6.79 Å². The minimum Gasteiger partial charge on any atom is -0.496 e. The third-order valence-corrected chi connectivity index (χ3v) is 5.19. The van der Waals surface area contributed by atoms with Gasteiger partial charge in [-0.15, -0.1) is 0 Å². The number of para-hydroxylation sites is 1. The van der Waals surface area contributed by atoms with Crippen LogP contribution in [0.3, 0.4) is 0 Å². The normalized spacial score (nSPS) is 11.9. The summed E-state index contributed by atoms with van der Waals surface area (Å²) in [7, 11) is 1.60. The summed E-state index contributed by atoms with van der Waals surface area (Å²) >= 11 is 0. The fraction of sp³-hybridized carbons (Fsp3) is 0.120. The zero-order valence-electron chi connectivity index (χ0n) is 17.4. The first-order valence-corrected chi connectivity index (χ1v) is 10.2. The zero-order valence-corrected chi connectivity index (χ0v) is 17.4. The molecule has 0 saturated carbocycles. The summed E-state index contributed by atoms with van der Waals surface area (Å²) in [5.41, 5.74) is 3.45. The topological polar surface area (TPSA) is 74.6 Å². The largest absolute Gasteiger partial charge is 0.496 e. The van der Waals surface area contributed by atoms with E-state index in [-0.39, 0.29) is 12.7 Å². The maximum absolute atomic E-state index is 13.3. The van der Waals surface area contributed by atoms with Gasteiger partial charge in [0.25, 0.3) is 5.91 Å². The Morgan fingerprint density at radius 1 is 1.03 bits per heavy atom. The second kappa shape index (κ2) is 8.47. The molecular formula is C25H21N3O4. The zero-order chi connectivity index (χ0) is 21.9. The van der Waals surface area contributed by atoms with Crippen LogP contribution in [0.5, 0.6) is 17.2 Å². The van der Waals surface area contributed by atoms with Crippen LogP contribution in [-0.2, 0) is 6.54 Å². The van der Waals surface area contributed by atoms with Crippen molar-refractivity contribution in [1.29, 1.82) is 0 Å². The fourth-order valence-electron chi connectivity index (χ4n) is 3.65. The molecule has 7 heteroatoms. The van der Waals surface area contributed by atoms with Gasteiger partial charge in [0.1, 0.15) is 11.4 Å². The first-order valence-electron chi connectivity index (χ1n) is 10.2. The van der Waals surface area contributed by atoms with Gasteiger partial charge in [0.05, 0.1) is 19.2 Å². The number of hydrogen-bond acceptors (Lipinski definition) is 5. The van der Waals surface area contributed by atoms with E-state index in [9.17, 15) is 4.79 Å². The van der Waals surface area contributed by atoms with E-state index < -0.39 is 0 Å². The maximum Gasteiger partial charge on any atom is 0.259 e. The molecule has 7 nitrogen and oxygen atoms in total. The molecule has 0 atom stereocenters. The van der Waals surface area contributed by atoms with Crippen molar-refractivity contribution in [2.45, 2.75) is 6.54 Å². The molecule has 0 aliphatic carbocycles. The van der Waals surface area contributed by atoms with Crippen LogP contribution in [0.2, 0.25) is 0 Å². The van der Waals surface area contributed by atoms with Crippen molar-refractivity contribution >= 4 is 11.6 Å². The van der Waals surface area contributed by atoms with E-state index in [4.69, 9.17) is 19.3 Å². The third-order valence-electron chi connectivity index (χ3n) is 5.19. The Balaban J connectivity index is 1.51. The molecule has 3 aromatic carbocycles. The highest BCUT2D eigenvalue weighted by molar-refractivity contribution is 6.08. The van der Waals surface area contributed by atoms with Crippen molar-refractivity contribution < 1.29 is 19.0 Å². The lowest BCUT2D eigenvalue weighted by molar-refractivity contribution is 0.102. The SMILES string of the molecule is COc1ccccc1-c1nn(Cc2ccccc2)cc1C(=O)Nc1ccc2c(c1)OCO2. The van der Waals surface area contributed by atoms with Crippen molar-refractivity contribution in [3.05, 3.63) is 90.1 Å². The minimum absolute atomic E-state index is 0.178. The van der Waals surface area contributed by atoms with Gasteiger partial charge < -0.3 is 19.5 Å². The highest BCUT2D eigenvalue weighted by atomic mass is 16.7. The van der Waals surface area contributed by atoms with E-state index in [0.717, 1.165) is 11.1 Å². The number of carbonyl (C=O) groups is 1. The molecule has 0 saturated heterocycles. The van der Waals surface area contributed by atoms with E-state index >= 15 is 0 Å². The van der Waals surface area contributed by atoms with Crippen LogP contribution >= 0.6 is 0 Å². The van der Waals surface area contributed by atoms with Crippen molar-refractivity contribution in [3.63, 3.8) is 0 Å². The van der Waals surface area contributed by atoms with Crippen molar-refractivity contribution in [2.24, 2.45) is 0 Å². The maximum atomic E-state index is 13.3. The van der Waals surface area contributed by atoms with Gasteiger partial charge in [0.15, 0.2) is 11.5 Å². The Morgan fingerprint density at radius 3 is 2.66 bits per heavy atom. The number of aromatic nitrogens is 2. The van der Waals surface area contributed by atoms with Gasteiger partial charge in [-0.2, -0.15) is 5.10 Å². The average molecular weight is 427 g/mol. The first kappa shape index (κ1) is 19.7. The molecule has 1 N–H and O–H groups in total. The molecule has 4 aromatic rings. The quantitative estimate of drug-likeness (QED) is 0.487. The van der Waals surface area contributed by atoms with Crippen molar-refractivity contribution in [1.82, 2.24) is 9.78 Å². The number of rotatable bonds is 6. The lowest BCUT2D eigenvalue weighted by atomic mass is 10.1. The number of methoxy groups -OCH3 is 1. The molecule has 0 fully saturated rings. The molecule has 160 valence electrons. The molecule has 1 amide bonds. The van der Waals surface area contributed by atoms with E-state index in [2.05, 4.69) is 5.32 Å². The van der Waals surface area contributed by atoms with Crippen LogP contribution in [0.1, 0.15) is 15.9 Å². The van der Waals surface area contributed by atoms with E-state index in [1.54, 1.807) is 36.2 Å². The summed E-state index contributed by atoms with van der Waals surface area (Å²) in [6.07, 6.45) is 1.76. The minimum atomic E-state index is -0.274. The lowest BCUT2D eigenvalue weighted by Gasteiger charge is -2.09. The summed E-state index contributed by atoms with van der Waals surface area (Å²) in [5, 5.41) is 7.68. The number of benzene rings is 3. The number of carbonyl (C=O) groups excluding carboxylic acids is 1. The van der Waals surface area contributed by atoms with E-state index in [1.165, 1.54) is 0 Å². The van der Waals surface area contributed by atoms with E-state index in [1.807, 2.05) is 54.6 Å².